The molecule has 1 N–H and O–H groups in total. The second kappa shape index (κ2) is 7.96. The molecule has 1 aliphatic heterocycles. The normalized spacial score (nSPS) is 17.5. The van der Waals surface area contributed by atoms with E-state index in [0.717, 1.165) is 21.6 Å². The molecule has 1 atom stereocenters. The molecular weight excluding hydrogens is 513 g/mol. The number of rotatable bonds is 4. The van der Waals surface area contributed by atoms with E-state index in [-0.39, 0.29) is 33.9 Å². The first-order valence-electron chi connectivity index (χ1n) is 10.3. The highest BCUT2D eigenvalue weighted by atomic mass is 32.2. The molecule has 3 aromatic heterocycles. The minimum Gasteiger partial charge on any atom is -0.354 e. The van der Waals surface area contributed by atoms with Gasteiger partial charge in [0.25, 0.3) is 5.92 Å². The van der Waals surface area contributed by atoms with Crippen molar-refractivity contribution >= 4 is 21.0 Å². The molecular formula is C21H16F5N5O4S. The number of alkyl halides is 2. The predicted octanol–water partition coefficient (Wildman–Crippen LogP) is 2.68. The fourth-order valence-electron chi connectivity index (χ4n) is 4.26. The Labute approximate surface area is 199 Å². The Hall–Kier alpha value is -3.59. The average Bonchev–Trinajstić information content (AvgIpc) is 3.27. The van der Waals surface area contributed by atoms with Crippen LogP contribution in [0.25, 0.3) is 28.0 Å². The van der Waals surface area contributed by atoms with E-state index in [1.807, 2.05) is 4.72 Å². The van der Waals surface area contributed by atoms with Crippen molar-refractivity contribution in [3.8, 4) is 17.1 Å². The first-order chi connectivity index (χ1) is 16.7. The molecule has 36 heavy (non-hydrogen) atoms. The minimum atomic E-state index is -4.01. The van der Waals surface area contributed by atoms with Crippen LogP contribution in [0.2, 0.25) is 0 Å². The Morgan fingerprint density at radius 3 is 2.47 bits per heavy atom. The van der Waals surface area contributed by atoms with Gasteiger partial charge in [-0.15, -0.1) is 0 Å². The summed E-state index contributed by atoms with van der Waals surface area (Å²) in [6, 6.07) is 0.420. The van der Waals surface area contributed by atoms with Crippen LogP contribution in [0.4, 0.5) is 22.0 Å². The zero-order chi connectivity index (χ0) is 26.2. The van der Waals surface area contributed by atoms with Gasteiger partial charge in [-0.25, -0.2) is 44.5 Å². The zero-order valence-electron chi connectivity index (χ0n) is 18.5. The van der Waals surface area contributed by atoms with E-state index in [1.165, 1.54) is 13.0 Å². The summed E-state index contributed by atoms with van der Waals surface area (Å²) in [5.41, 5.74) is -1.80. The monoisotopic (exact) mass is 529 g/mol. The largest absolute Gasteiger partial charge is 0.354 e. The third-order valence-corrected chi connectivity index (χ3v) is 6.46. The summed E-state index contributed by atoms with van der Waals surface area (Å²) < 4.78 is 104. The second-order valence-corrected chi connectivity index (χ2v) is 10.3. The third kappa shape index (κ3) is 3.97. The number of hydrogen-bond acceptors (Lipinski definition) is 6. The SMILES string of the molecule is Cc1cc2onc(-n3cc4n(c3=O)CC(NS(C)(=O)=O)C(F)(F)C4)c2c(-c2c(F)cc(F)cc2F)n1. The molecule has 1 aliphatic rings. The number of aromatic nitrogens is 4. The van der Waals surface area contributed by atoms with Gasteiger partial charge < -0.3 is 4.52 Å². The van der Waals surface area contributed by atoms with Gasteiger partial charge in [0.15, 0.2) is 11.4 Å². The highest BCUT2D eigenvalue weighted by Gasteiger charge is 2.46. The quantitative estimate of drug-likeness (QED) is 0.407. The number of sulfonamides is 1. The zero-order valence-corrected chi connectivity index (χ0v) is 19.3. The van der Waals surface area contributed by atoms with Crippen molar-refractivity contribution in [2.24, 2.45) is 0 Å². The molecule has 0 saturated carbocycles. The fraction of sp³-hybridized carbons (Fsp3) is 0.286. The molecule has 5 rings (SSSR count). The number of imidazole rings is 1. The van der Waals surface area contributed by atoms with Crippen molar-refractivity contribution in [2.75, 3.05) is 6.26 Å². The van der Waals surface area contributed by atoms with Crippen LogP contribution >= 0.6 is 0 Å². The molecule has 1 unspecified atom stereocenters. The van der Waals surface area contributed by atoms with E-state index in [0.29, 0.717) is 12.1 Å². The molecule has 0 spiro atoms. The topological polar surface area (TPSA) is 112 Å². The number of fused-ring (bicyclic) bond motifs is 2. The van der Waals surface area contributed by atoms with Gasteiger partial charge >= 0.3 is 5.69 Å². The summed E-state index contributed by atoms with van der Waals surface area (Å²) in [5.74, 6) is -7.50. The molecule has 0 amide bonds. The van der Waals surface area contributed by atoms with Crippen LogP contribution in [0.15, 0.2) is 33.7 Å². The number of nitrogens with zero attached hydrogens (tertiary/aromatic N) is 4. The second-order valence-electron chi connectivity index (χ2n) is 8.50. The molecule has 0 radical (unpaired) electrons. The van der Waals surface area contributed by atoms with Crippen LogP contribution in [0.5, 0.6) is 0 Å². The van der Waals surface area contributed by atoms with Crippen LogP contribution in [0.1, 0.15) is 11.4 Å². The van der Waals surface area contributed by atoms with E-state index in [4.69, 9.17) is 4.52 Å². The highest BCUT2D eigenvalue weighted by Crippen LogP contribution is 2.36. The molecule has 0 aliphatic carbocycles. The molecule has 0 bridgehead atoms. The lowest BCUT2D eigenvalue weighted by Crippen LogP contribution is -2.55. The van der Waals surface area contributed by atoms with Gasteiger partial charge in [0.1, 0.15) is 23.5 Å². The lowest BCUT2D eigenvalue weighted by atomic mass is 10.0. The molecule has 1 aromatic carbocycles. The number of nitrogens with one attached hydrogen (secondary N) is 1. The standard InChI is InChI=1S/C21H16F5N5O4S/c1-9-3-14-17(18(27-9)16-12(23)4-10(22)5-13(16)24)19(28-35-14)31-7-11-6-21(25,26)15(29-36(2,33)34)8-30(11)20(31)32/h3-5,7,15,29H,6,8H2,1-2H3. The molecule has 0 fully saturated rings. The maximum absolute atomic E-state index is 14.7. The predicted molar refractivity (Wildman–Crippen MR) is 116 cm³/mol. The van der Waals surface area contributed by atoms with Gasteiger partial charge in [0.2, 0.25) is 10.0 Å². The van der Waals surface area contributed by atoms with Gasteiger partial charge in [-0.3, -0.25) is 9.55 Å². The van der Waals surface area contributed by atoms with Crippen molar-refractivity contribution in [3.05, 3.63) is 63.7 Å². The summed E-state index contributed by atoms with van der Waals surface area (Å²) >= 11 is 0. The Balaban J connectivity index is 1.71. The van der Waals surface area contributed by atoms with E-state index in [9.17, 15) is 35.2 Å². The van der Waals surface area contributed by atoms with E-state index < -0.39 is 63.7 Å². The molecule has 4 aromatic rings. The number of aryl methyl sites for hydroxylation is 1. The first kappa shape index (κ1) is 24.1. The maximum atomic E-state index is 14.7. The minimum absolute atomic E-state index is 0.0198. The van der Waals surface area contributed by atoms with Crippen LogP contribution in [0, 0.1) is 24.4 Å². The Kier molecular flexibility index (Phi) is 5.33. The van der Waals surface area contributed by atoms with Gasteiger partial charge in [0.05, 0.1) is 29.3 Å². The van der Waals surface area contributed by atoms with E-state index in [1.54, 1.807) is 0 Å². The van der Waals surface area contributed by atoms with Gasteiger partial charge in [-0.05, 0) is 6.92 Å². The van der Waals surface area contributed by atoms with Gasteiger partial charge in [0, 0.05) is 42.3 Å². The van der Waals surface area contributed by atoms with Crippen molar-refractivity contribution in [1.82, 2.24) is 24.0 Å². The average molecular weight is 529 g/mol. The number of benzene rings is 1. The maximum Gasteiger partial charge on any atom is 0.334 e. The van der Waals surface area contributed by atoms with Crippen LogP contribution in [0.3, 0.4) is 0 Å². The molecule has 15 heteroatoms. The third-order valence-electron chi connectivity index (χ3n) is 5.75. The van der Waals surface area contributed by atoms with Gasteiger partial charge in [-0.2, -0.15) is 0 Å². The highest BCUT2D eigenvalue weighted by molar-refractivity contribution is 7.88. The summed E-state index contributed by atoms with van der Waals surface area (Å²) in [5, 5.41) is 3.69. The number of hydrogen-bond donors (Lipinski definition) is 1. The van der Waals surface area contributed by atoms with E-state index in [2.05, 4.69) is 10.1 Å². The molecule has 190 valence electrons. The lowest BCUT2D eigenvalue weighted by molar-refractivity contribution is -0.0467. The Bertz CT molecular complexity index is 1690. The number of halogens is 5. The molecule has 9 nitrogen and oxygen atoms in total. The molecule has 0 saturated heterocycles. The summed E-state index contributed by atoms with van der Waals surface area (Å²) in [6.45, 7) is 0.827. The van der Waals surface area contributed by atoms with Crippen molar-refractivity contribution in [3.63, 3.8) is 0 Å². The number of pyridine rings is 1. The summed E-state index contributed by atoms with van der Waals surface area (Å²) in [6.07, 6.45) is 0.813. The Morgan fingerprint density at radius 2 is 1.83 bits per heavy atom. The molecule has 4 heterocycles. The van der Waals surface area contributed by atoms with E-state index >= 15 is 0 Å². The van der Waals surface area contributed by atoms with Crippen LogP contribution in [-0.2, 0) is 23.0 Å². The van der Waals surface area contributed by atoms with Crippen LogP contribution < -0.4 is 10.4 Å². The van der Waals surface area contributed by atoms with Gasteiger partial charge in [-0.1, -0.05) is 5.16 Å². The smallest absolute Gasteiger partial charge is 0.334 e. The fourth-order valence-corrected chi connectivity index (χ4v) is 5.02. The van der Waals surface area contributed by atoms with Crippen LogP contribution in [-0.4, -0.2) is 45.9 Å². The Morgan fingerprint density at radius 1 is 1.17 bits per heavy atom. The lowest BCUT2D eigenvalue weighted by Gasteiger charge is -2.31. The van der Waals surface area contributed by atoms with Crippen molar-refractivity contribution < 1.29 is 34.9 Å². The van der Waals surface area contributed by atoms with Crippen molar-refractivity contribution in [2.45, 2.75) is 31.9 Å². The summed E-state index contributed by atoms with van der Waals surface area (Å²) in [7, 11) is -4.01. The van der Waals surface area contributed by atoms with Crippen molar-refractivity contribution in [1.29, 1.82) is 0 Å². The summed E-state index contributed by atoms with van der Waals surface area (Å²) in [4.78, 5) is 17.3. The first-order valence-corrected chi connectivity index (χ1v) is 12.2.